The molecule has 0 spiro atoms. The van der Waals surface area contributed by atoms with E-state index in [4.69, 9.17) is 0 Å². The predicted octanol–water partition coefficient (Wildman–Crippen LogP) is 11.4. The minimum Gasteiger partial charge on any atom is -0.310 e. The van der Waals surface area contributed by atoms with Crippen molar-refractivity contribution in [3.63, 3.8) is 0 Å². The van der Waals surface area contributed by atoms with E-state index in [1.165, 1.54) is 50.1 Å². The van der Waals surface area contributed by atoms with Crippen LogP contribution in [0.3, 0.4) is 0 Å². The Labute approximate surface area is 255 Å². The van der Waals surface area contributed by atoms with E-state index in [2.05, 4.69) is 178 Å². The molecule has 6 aromatic rings. The van der Waals surface area contributed by atoms with Crippen molar-refractivity contribution in [2.45, 2.75) is 26.2 Å². The second-order valence-electron chi connectivity index (χ2n) is 12.0. The molecule has 1 aliphatic carbocycles. The first-order chi connectivity index (χ1) is 20.9. The first-order valence-corrected chi connectivity index (χ1v) is 15.0. The summed E-state index contributed by atoms with van der Waals surface area (Å²) in [7, 11) is 0. The standard InChI is InChI=1S/C42H35N/c1-29-13-11-12-18-41(29)43(36-16-9-6-10-17-36)30(2)31-19-21-33(22-20-31)35-24-26-38-37-25-23-34(32-14-7-5-8-15-32)27-39(37)42(3,4)40(38)28-35/h5-28H,2H2,1,3-4H3. The number of hydrogen-bond donors (Lipinski definition) is 0. The Hall–Kier alpha value is -5.14. The van der Waals surface area contributed by atoms with E-state index in [1.54, 1.807) is 0 Å². The Morgan fingerprint density at radius 1 is 0.535 bits per heavy atom. The Balaban J connectivity index is 1.21. The summed E-state index contributed by atoms with van der Waals surface area (Å²) >= 11 is 0. The summed E-state index contributed by atoms with van der Waals surface area (Å²) in [5.41, 5.74) is 15.8. The van der Waals surface area contributed by atoms with Crippen LogP contribution in [0.25, 0.3) is 39.1 Å². The van der Waals surface area contributed by atoms with Gasteiger partial charge in [-0.25, -0.2) is 0 Å². The normalized spacial score (nSPS) is 12.8. The van der Waals surface area contributed by atoms with Crippen molar-refractivity contribution in [2.75, 3.05) is 4.90 Å². The number of benzene rings is 6. The maximum Gasteiger partial charge on any atom is 0.0490 e. The van der Waals surface area contributed by atoms with Gasteiger partial charge in [-0.1, -0.05) is 136 Å². The van der Waals surface area contributed by atoms with Gasteiger partial charge in [-0.3, -0.25) is 0 Å². The third kappa shape index (κ3) is 4.68. The molecule has 0 unspecified atom stereocenters. The molecule has 1 nitrogen and oxygen atoms in total. The van der Waals surface area contributed by atoms with Crippen molar-refractivity contribution in [2.24, 2.45) is 0 Å². The van der Waals surface area contributed by atoms with E-state index >= 15 is 0 Å². The van der Waals surface area contributed by atoms with Crippen molar-refractivity contribution >= 4 is 17.1 Å². The molecular formula is C42H35N. The number of para-hydroxylation sites is 2. The Morgan fingerprint density at radius 2 is 1.02 bits per heavy atom. The van der Waals surface area contributed by atoms with Gasteiger partial charge >= 0.3 is 0 Å². The topological polar surface area (TPSA) is 3.24 Å². The zero-order valence-electron chi connectivity index (χ0n) is 25.0. The van der Waals surface area contributed by atoms with E-state index in [0.717, 1.165) is 22.6 Å². The average Bonchev–Trinajstić information content (AvgIpc) is 3.28. The molecule has 0 fully saturated rings. The van der Waals surface area contributed by atoms with E-state index in [0.29, 0.717) is 0 Å². The molecule has 6 aromatic carbocycles. The van der Waals surface area contributed by atoms with Gasteiger partial charge in [0.25, 0.3) is 0 Å². The summed E-state index contributed by atoms with van der Waals surface area (Å²) in [6.07, 6.45) is 0. The lowest BCUT2D eigenvalue weighted by Crippen LogP contribution is -2.15. The van der Waals surface area contributed by atoms with E-state index in [-0.39, 0.29) is 5.41 Å². The molecule has 0 N–H and O–H groups in total. The van der Waals surface area contributed by atoms with Crippen LogP contribution >= 0.6 is 0 Å². The van der Waals surface area contributed by atoms with Gasteiger partial charge in [0, 0.05) is 22.5 Å². The summed E-state index contributed by atoms with van der Waals surface area (Å²) < 4.78 is 0. The fraction of sp³-hybridized carbons (Fsp3) is 0.0952. The largest absolute Gasteiger partial charge is 0.310 e. The van der Waals surface area contributed by atoms with E-state index < -0.39 is 0 Å². The van der Waals surface area contributed by atoms with Crippen molar-refractivity contribution in [1.82, 2.24) is 0 Å². The van der Waals surface area contributed by atoms with Crippen LogP contribution in [0.1, 0.15) is 36.1 Å². The highest BCUT2D eigenvalue weighted by Gasteiger charge is 2.35. The molecule has 0 aliphatic heterocycles. The van der Waals surface area contributed by atoms with Gasteiger partial charge in [0.2, 0.25) is 0 Å². The molecule has 208 valence electrons. The number of aryl methyl sites for hydroxylation is 1. The third-order valence-corrected chi connectivity index (χ3v) is 8.98. The fourth-order valence-corrected chi connectivity index (χ4v) is 6.54. The highest BCUT2D eigenvalue weighted by Crippen LogP contribution is 2.50. The van der Waals surface area contributed by atoms with Crippen LogP contribution in [-0.4, -0.2) is 0 Å². The summed E-state index contributed by atoms with van der Waals surface area (Å²) in [4.78, 5) is 2.25. The smallest absolute Gasteiger partial charge is 0.0490 e. The quantitative estimate of drug-likeness (QED) is 0.198. The molecule has 7 rings (SSSR count). The molecular weight excluding hydrogens is 518 g/mol. The van der Waals surface area contributed by atoms with Crippen molar-refractivity contribution in [3.05, 3.63) is 174 Å². The summed E-state index contributed by atoms with van der Waals surface area (Å²) in [6, 6.07) is 52.4. The van der Waals surface area contributed by atoms with Gasteiger partial charge in [0.1, 0.15) is 0 Å². The summed E-state index contributed by atoms with van der Waals surface area (Å²) in [5.74, 6) is 0. The highest BCUT2D eigenvalue weighted by atomic mass is 15.1. The predicted molar refractivity (Wildman–Crippen MR) is 184 cm³/mol. The summed E-state index contributed by atoms with van der Waals surface area (Å²) in [6.45, 7) is 11.4. The molecule has 0 heterocycles. The molecule has 0 atom stereocenters. The Morgan fingerprint density at radius 3 is 1.60 bits per heavy atom. The van der Waals surface area contributed by atoms with Crippen molar-refractivity contribution in [3.8, 4) is 33.4 Å². The maximum atomic E-state index is 4.57. The molecule has 1 aliphatic rings. The minimum atomic E-state index is -0.0799. The van der Waals surface area contributed by atoms with Crippen LogP contribution < -0.4 is 4.90 Å². The number of hydrogen-bond acceptors (Lipinski definition) is 1. The van der Waals surface area contributed by atoms with E-state index in [9.17, 15) is 0 Å². The van der Waals surface area contributed by atoms with Gasteiger partial charge in [0.15, 0.2) is 0 Å². The molecule has 0 saturated carbocycles. The Kier molecular flexibility index (Phi) is 6.59. The first-order valence-electron chi connectivity index (χ1n) is 15.0. The lowest BCUT2D eigenvalue weighted by atomic mass is 9.81. The van der Waals surface area contributed by atoms with Crippen LogP contribution in [0.5, 0.6) is 0 Å². The lowest BCUT2D eigenvalue weighted by molar-refractivity contribution is 0.661. The first kappa shape index (κ1) is 26.7. The molecule has 0 saturated heterocycles. The molecule has 0 bridgehead atoms. The van der Waals surface area contributed by atoms with Crippen LogP contribution in [-0.2, 0) is 5.41 Å². The van der Waals surface area contributed by atoms with Gasteiger partial charge < -0.3 is 4.90 Å². The number of rotatable bonds is 6. The zero-order chi connectivity index (χ0) is 29.6. The highest BCUT2D eigenvalue weighted by molar-refractivity contribution is 5.89. The van der Waals surface area contributed by atoms with Crippen LogP contribution in [0, 0.1) is 6.92 Å². The fourth-order valence-electron chi connectivity index (χ4n) is 6.54. The SMILES string of the molecule is C=C(c1ccc(-c2ccc3c(c2)C(C)(C)c2cc(-c4ccccc4)ccc2-3)cc1)N(c1ccccc1)c1ccccc1C. The van der Waals surface area contributed by atoms with Crippen molar-refractivity contribution < 1.29 is 0 Å². The van der Waals surface area contributed by atoms with Gasteiger partial charge in [-0.15, -0.1) is 0 Å². The second kappa shape index (κ2) is 10.6. The monoisotopic (exact) mass is 553 g/mol. The molecule has 43 heavy (non-hydrogen) atoms. The van der Waals surface area contributed by atoms with Crippen LogP contribution in [0.2, 0.25) is 0 Å². The molecule has 0 aromatic heterocycles. The average molecular weight is 554 g/mol. The van der Waals surface area contributed by atoms with Gasteiger partial charge in [-0.2, -0.15) is 0 Å². The van der Waals surface area contributed by atoms with E-state index in [1.807, 2.05) is 0 Å². The molecule has 1 heteroatoms. The minimum absolute atomic E-state index is 0.0799. The lowest BCUT2D eigenvalue weighted by Gasteiger charge is -2.29. The third-order valence-electron chi connectivity index (χ3n) is 8.98. The zero-order valence-corrected chi connectivity index (χ0v) is 25.0. The Bertz CT molecular complexity index is 1950. The van der Waals surface area contributed by atoms with Crippen LogP contribution in [0.15, 0.2) is 152 Å². The number of anilines is 2. The number of fused-ring (bicyclic) bond motifs is 3. The molecule has 0 amide bonds. The molecule has 0 radical (unpaired) electrons. The van der Waals surface area contributed by atoms with Gasteiger partial charge in [0.05, 0.1) is 0 Å². The summed E-state index contributed by atoms with van der Waals surface area (Å²) in [5, 5.41) is 0. The van der Waals surface area contributed by atoms with Crippen LogP contribution in [0.4, 0.5) is 11.4 Å². The second-order valence-corrected chi connectivity index (χ2v) is 12.0. The number of nitrogens with zero attached hydrogens (tertiary/aromatic N) is 1. The maximum absolute atomic E-state index is 4.57. The van der Waals surface area contributed by atoms with Crippen molar-refractivity contribution in [1.29, 1.82) is 0 Å². The van der Waals surface area contributed by atoms with Gasteiger partial charge in [-0.05, 0) is 92.9 Å².